The van der Waals surface area contributed by atoms with Gasteiger partial charge in [0.05, 0.1) is 22.5 Å². The van der Waals surface area contributed by atoms with Crippen LogP contribution in [0.2, 0.25) is 0 Å². The van der Waals surface area contributed by atoms with Crippen molar-refractivity contribution >= 4 is 22.6 Å². The van der Waals surface area contributed by atoms with Gasteiger partial charge in [-0.1, -0.05) is 24.6 Å². The molecule has 0 bridgehead atoms. The lowest BCUT2D eigenvalue weighted by atomic mass is 9.95. The molecule has 31 heavy (non-hydrogen) atoms. The quantitative estimate of drug-likeness (QED) is 0.678. The fraction of sp³-hybridized carbons (Fsp3) is 0.500. The highest BCUT2D eigenvalue weighted by Gasteiger charge is 2.28. The molecule has 7 heteroatoms. The molecule has 1 amide bonds. The molecular formula is C24H32N6O. The maximum absolute atomic E-state index is 12.5. The van der Waals surface area contributed by atoms with Gasteiger partial charge in [0, 0.05) is 25.0 Å². The molecule has 1 atom stereocenters. The third-order valence-corrected chi connectivity index (χ3v) is 6.43. The summed E-state index contributed by atoms with van der Waals surface area (Å²) in [4.78, 5) is 14.8. The van der Waals surface area contributed by atoms with E-state index in [0.29, 0.717) is 0 Å². The average Bonchev–Trinajstić information content (AvgIpc) is 3.12. The minimum atomic E-state index is 0.0611. The summed E-state index contributed by atoms with van der Waals surface area (Å²) in [6.45, 7) is 11.9. The fourth-order valence-electron chi connectivity index (χ4n) is 4.28. The molecule has 1 saturated heterocycles. The zero-order valence-corrected chi connectivity index (χ0v) is 19.1. The molecule has 7 nitrogen and oxygen atoms in total. The van der Waals surface area contributed by atoms with Crippen LogP contribution in [0.3, 0.4) is 0 Å². The van der Waals surface area contributed by atoms with E-state index in [2.05, 4.69) is 72.4 Å². The lowest BCUT2D eigenvalue weighted by molar-refractivity contribution is -0.126. The molecule has 0 saturated carbocycles. The molecule has 1 unspecified atom stereocenters. The molecule has 3 aromatic rings. The standard InChI is InChI=1S/C24H32N6O/c1-6-16(3)25-24(31)19-11-13-29(14-12-19)23-22-21(17(4)26-27-23)18(5)30(28-22)20-9-7-15(2)8-10-20/h7-10,16,19H,6,11-14H2,1-5H3,(H,25,31). The maximum Gasteiger partial charge on any atom is 0.223 e. The first-order valence-corrected chi connectivity index (χ1v) is 11.2. The monoisotopic (exact) mass is 420 g/mol. The van der Waals surface area contributed by atoms with Crippen molar-refractivity contribution in [2.75, 3.05) is 18.0 Å². The van der Waals surface area contributed by atoms with Gasteiger partial charge in [-0.05, 0) is 59.1 Å². The summed E-state index contributed by atoms with van der Waals surface area (Å²) in [6, 6.07) is 8.60. The van der Waals surface area contributed by atoms with Crippen molar-refractivity contribution in [2.45, 2.75) is 59.9 Å². The number of benzene rings is 1. The molecule has 1 N–H and O–H groups in total. The van der Waals surface area contributed by atoms with Crippen LogP contribution in [-0.4, -0.2) is 45.0 Å². The number of carbonyl (C=O) groups is 1. The van der Waals surface area contributed by atoms with E-state index in [0.717, 1.165) is 66.1 Å². The van der Waals surface area contributed by atoms with Gasteiger partial charge < -0.3 is 10.2 Å². The van der Waals surface area contributed by atoms with E-state index in [4.69, 9.17) is 5.10 Å². The highest BCUT2D eigenvalue weighted by Crippen LogP contribution is 2.31. The van der Waals surface area contributed by atoms with Gasteiger partial charge >= 0.3 is 0 Å². The first-order valence-electron chi connectivity index (χ1n) is 11.2. The maximum atomic E-state index is 12.5. The molecule has 4 rings (SSSR count). The first-order chi connectivity index (χ1) is 14.9. The predicted molar refractivity (Wildman–Crippen MR) is 124 cm³/mol. The van der Waals surface area contributed by atoms with Crippen molar-refractivity contribution in [1.29, 1.82) is 0 Å². The number of rotatable bonds is 5. The summed E-state index contributed by atoms with van der Waals surface area (Å²) in [6.07, 6.45) is 2.58. The number of piperidine rings is 1. The molecule has 0 aliphatic carbocycles. The molecule has 164 valence electrons. The lowest BCUT2D eigenvalue weighted by Gasteiger charge is -2.32. The third-order valence-electron chi connectivity index (χ3n) is 6.43. The summed E-state index contributed by atoms with van der Waals surface area (Å²) in [5.41, 5.74) is 5.09. The molecule has 3 heterocycles. The van der Waals surface area contributed by atoms with Gasteiger partial charge in [-0.2, -0.15) is 10.2 Å². The SMILES string of the molecule is CCC(C)NC(=O)C1CCN(c2nnc(C)c3c(C)n(-c4ccc(C)cc4)nc23)CC1. The lowest BCUT2D eigenvalue weighted by Crippen LogP contribution is -2.43. The van der Waals surface area contributed by atoms with Gasteiger partial charge in [0.2, 0.25) is 5.91 Å². The first kappa shape index (κ1) is 21.3. The number of nitrogens with one attached hydrogen (secondary N) is 1. The van der Waals surface area contributed by atoms with Crippen molar-refractivity contribution in [3.8, 4) is 5.69 Å². The van der Waals surface area contributed by atoms with E-state index >= 15 is 0 Å². The number of nitrogens with zero attached hydrogens (tertiary/aromatic N) is 5. The van der Waals surface area contributed by atoms with Gasteiger partial charge in [-0.25, -0.2) is 4.68 Å². The van der Waals surface area contributed by atoms with Crippen LogP contribution in [0, 0.1) is 26.7 Å². The van der Waals surface area contributed by atoms with Gasteiger partial charge in [-0.15, -0.1) is 5.10 Å². The van der Waals surface area contributed by atoms with Crippen LogP contribution in [0.1, 0.15) is 50.1 Å². The van der Waals surface area contributed by atoms with E-state index in [1.54, 1.807) is 0 Å². The van der Waals surface area contributed by atoms with E-state index in [1.165, 1.54) is 5.56 Å². The predicted octanol–water partition coefficient (Wildman–Crippen LogP) is 3.87. The molecule has 1 aliphatic rings. The number of aromatic nitrogens is 4. The summed E-state index contributed by atoms with van der Waals surface area (Å²) >= 11 is 0. The second kappa shape index (κ2) is 8.65. The normalized spacial score (nSPS) is 16.0. The molecule has 0 spiro atoms. The molecule has 1 aliphatic heterocycles. The van der Waals surface area contributed by atoms with Crippen LogP contribution < -0.4 is 10.2 Å². The Morgan fingerprint density at radius 2 is 1.81 bits per heavy atom. The minimum absolute atomic E-state index is 0.0611. The van der Waals surface area contributed by atoms with Crippen LogP contribution in [0.25, 0.3) is 16.6 Å². The number of carbonyl (C=O) groups excluding carboxylic acids is 1. The Morgan fingerprint density at radius 1 is 1.13 bits per heavy atom. The Bertz CT molecular complexity index is 1080. The van der Waals surface area contributed by atoms with Crippen LogP contribution in [0.15, 0.2) is 24.3 Å². The van der Waals surface area contributed by atoms with Gasteiger partial charge in [0.1, 0.15) is 5.52 Å². The summed E-state index contributed by atoms with van der Waals surface area (Å²) in [5.74, 6) is 1.05. The zero-order chi connectivity index (χ0) is 22.1. The Morgan fingerprint density at radius 3 is 2.45 bits per heavy atom. The minimum Gasteiger partial charge on any atom is -0.353 e. The fourth-order valence-corrected chi connectivity index (χ4v) is 4.28. The molecule has 1 fully saturated rings. The highest BCUT2D eigenvalue weighted by molar-refractivity contribution is 5.92. The Labute approximate surface area is 183 Å². The number of amides is 1. The van der Waals surface area contributed by atoms with Gasteiger partial charge in [0.15, 0.2) is 5.82 Å². The highest BCUT2D eigenvalue weighted by atomic mass is 16.1. The van der Waals surface area contributed by atoms with E-state index < -0.39 is 0 Å². The van der Waals surface area contributed by atoms with Crippen LogP contribution in [-0.2, 0) is 4.79 Å². The van der Waals surface area contributed by atoms with Crippen molar-refractivity contribution in [3.63, 3.8) is 0 Å². The summed E-state index contributed by atoms with van der Waals surface area (Å²) in [5, 5.41) is 18.1. The van der Waals surface area contributed by atoms with Crippen LogP contribution in [0.5, 0.6) is 0 Å². The number of aryl methyl sites for hydroxylation is 3. The van der Waals surface area contributed by atoms with Crippen molar-refractivity contribution < 1.29 is 4.79 Å². The van der Waals surface area contributed by atoms with E-state index in [9.17, 15) is 4.79 Å². The number of hydrogen-bond donors (Lipinski definition) is 1. The smallest absolute Gasteiger partial charge is 0.223 e. The Balaban J connectivity index is 1.61. The molecular weight excluding hydrogens is 388 g/mol. The molecule has 2 aromatic heterocycles. The average molecular weight is 421 g/mol. The van der Waals surface area contributed by atoms with E-state index in [1.807, 2.05) is 11.6 Å². The number of hydrogen-bond acceptors (Lipinski definition) is 5. The van der Waals surface area contributed by atoms with Gasteiger partial charge in [0.25, 0.3) is 0 Å². The third kappa shape index (κ3) is 4.13. The van der Waals surface area contributed by atoms with Crippen molar-refractivity contribution in [2.24, 2.45) is 5.92 Å². The zero-order valence-electron chi connectivity index (χ0n) is 19.1. The van der Waals surface area contributed by atoms with E-state index in [-0.39, 0.29) is 17.9 Å². The molecule has 1 aromatic carbocycles. The van der Waals surface area contributed by atoms with Crippen LogP contribution >= 0.6 is 0 Å². The summed E-state index contributed by atoms with van der Waals surface area (Å²) < 4.78 is 1.98. The molecule has 0 radical (unpaired) electrons. The summed E-state index contributed by atoms with van der Waals surface area (Å²) in [7, 11) is 0. The van der Waals surface area contributed by atoms with Crippen molar-refractivity contribution in [1.82, 2.24) is 25.3 Å². The Hall–Kier alpha value is -2.96. The number of fused-ring (bicyclic) bond motifs is 1. The second-order valence-corrected chi connectivity index (χ2v) is 8.74. The second-order valence-electron chi connectivity index (χ2n) is 8.74. The Kier molecular flexibility index (Phi) is 5.94. The van der Waals surface area contributed by atoms with Crippen LogP contribution in [0.4, 0.5) is 5.82 Å². The van der Waals surface area contributed by atoms with Crippen molar-refractivity contribution in [3.05, 3.63) is 41.2 Å². The van der Waals surface area contributed by atoms with Gasteiger partial charge in [-0.3, -0.25) is 4.79 Å². The topological polar surface area (TPSA) is 75.9 Å². The number of anilines is 1. The largest absolute Gasteiger partial charge is 0.353 e.